The van der Waals surface area contributed by atoms with E-state index in [0.717, 1.165) is 69.6 Å². The maximum absolute atomic E-state index is 12.9. The van der Waals surface area contributed by atoms with Crippen LogP contribution in [0.2, 0.25) is 0 Å². The van der Waals surface area contributed by atoms with Crippen molar-refractivity contribution in [3.05, 3.63) is 0 Å². The molecule has 0 radical (unpaired) electrons. The van der Waals surface area contributed by atoms with Gasteiger partial charge in [0.25, 0.3) is 0 Å². The molecule has 6 heteroatoms. The molecule has 2 atom stereocenters. The average molecular weight is 962 g/mol. The van der Waals surface area contributed by atoms with Crippen LogP contribution >= 0.6 is 0 Å². The zero-order valence-corrected chi connectivity index (χ0v) is 46.7. The first-order valence-corrected chi connectivity index (χ1v) is 30.8. The van der Waals surface area contributed by atoms with Gasteiger partial charge in [0.05, 0.1) is 0 Å². The molecule has 0 aromatic heterocycles. The van der Waals surface area contributed by atoms with E-state index in [4.69, 9.17) is 14.2 Å². The summed E-state index contributed by atoms with van der Waals surface area (Å²) in [5, 5.41) is 0. The second kappa shape index (κ2) is 54.7. The lowest BCUT2D eigenvalue weighted by atomic mass is 9.99. The van der Waals surface area contributed by atoms with Gasteiger partial charge in [-0.05, 0) is 31.1 Å². The van der Waals surface area contributed by atoms with Crippen molar-refractivity contribution >= 4 is 17.9 Å². The van der Waals surface area contributed by atoms with E-state index in [1.165, 1.54) is 238 Å². The standard InChI is InChI=1S/C62H120O6/c1-6-8-9-10-11-12-13-14-15-16-17-18-22-27-32-37-42-47-52-60(63)66-55-59(68-62(65)54-49-44-39-34-29-24-25-30-35-40-45-50-57(3)4)56-67-61(64)53-48-43-38-33-28-23-20-19-21-26-31-36-41-46-51-58(5)7-2/h57-59H,6-56H2,1-5H3/t58?,59-/m1/s1. The second-order valence-electron chi connectivity index (χ2n) is 22.1. The number of carbonyl (C=O) groups is 3. The van der Waals surface area contributed by atoms with Gasteiger partial charge in [-0.3, -0.25) is 14.4 Å². The molecule has 0 aromatic carbocycles. The van der Waals surface area contributed by atoms with E-state index in [1.54, 1.807) is 0 Å². The Kier molecular flexibility index (Phi) is 53.5. The molecule has 0 heterocycles. The molecule has 0 bridgehead atoms. The fourth-order valence-electron chi connectivity index (χ4n) is 9.55. The van der Waals surface area contributed by atoms with E-state index in [2.05, 4.69) is 34.6 Å². The number of hydrogen-bond donors (Lipinski definition) is 0. The van der Waals surface area contributed by atoms with Gasteiger partial charge in [0.2, 0.25) is 0 Å². The first-order chi connectivity index (χ1) is 33.3. The van der Waals surface area contributed by atoms with Crippen molar-refractivity contribution in [2.24, 2.45) is 11.8 Å². The Labute approximate surface area is 425 Å². The average Bonchev–Trinajstić information content (AvgIpc) is 3.32. The van der Waals surface area contributed by atoms with E-state index in [1.807, 2.05) is 0 Å². The molecule has 0 spiro atoms. The van der Waals surface area contributed by atoms with Crippen molar-refractivity contribution in [2.45, 2.75) is 355 Å². The minimum absolute atomic E-state index is 0.0624. The highest BCUT2D eigenvalue weighted by Gasteiger charge is 2.19. The third-order valence-electron chi connectivity index (χ3n) is 14.6. The van der Waals surface area contributed by atoms with Crippen LogP contribution in [0.3, 0.4) is 0 Å². The molecular weight excluding hydrogens is 841 g/mol. The lowest BCUT2D eigenvalue weighted by Gasteiger charge is -2.18. The van der Waals surface area contributed by atoms with E-state index in [0.29, 0.717) is 19.3 Å². The van der Waals surface area contributed by atoms with Crippen LogP contribution in [0.15, 0.2) is 0 Å². The van der Waals surface area contributed by atoms with Gasteiger partial charge >= 0.3 is 17.9 Å². The summed E-state index contributed by atoms with van der Waals surface area (Å²) < 4.78 is 16.9. The van der Waals surface area contributed by atoms with Crippen molar-refractivity contribution < 1.29 is 28.6 Å². The van der Waals surface area contributed by atoms with Crippen LogP contribution in [0.25, 0.3) is 0 Å². The Morgan fingerprint density at radius 3 is 0.838 bits per heavy atom. The van der Waals surface area contributed by atoms with Crippen molar-refractivity contribution in [3.63, 3.8) is 0 Å². The molecule has 0 aliphatic heterocycles. The normalized spacial score (nSPS) is 12.4. The Morgan fingerprint density at radius 2 is 0.559 bits per heavy atom. The van der Waals surface area contributed by atoms with Gasteiger partial charge in [-0.2, -0.15) is 0 Å². The Morgan fingerprint density at radius 1 is 0.309 bits per heavy atom. The lowest BCUT2D eigenvalue weighted by Crippen LogP contribution is -2.30. The molecule has 0 saturated carbocycles. The van der Waals surface area contributed by atoms with Crippen LogP contribution in [0, 0.1) is 11.8 Å². The third kappa shape index (κ3) is 53.8. The minimum Gasteiger partial charge on any atom is -0.462 e. The third-order valence-corrected chi connectivity index (χ3v) is 14.6. The van der Waals surface area contributed by atoms with Crippen LogP contribution in [-0.2, 0) is 28.6 Å². The van der Waals surface area contributed by atoms with Gasteiger partial charge in [-0.25, -0.2) is 0 Å². The van der Waals surface area contributed by atoms with Crippen LogP contribution in [0.1, 0.15) is 349 Å². The quantitative estimate of drug-likeness (QED) is 0.0343. The number of rotatable bonds is 56. The minimum atomic E-state index is -0.763. The molecule has 0 aliphatic carbocycles. The van der Waals surface area contributed by atoms with Crippen LogP contribution < -0.4 is 0 Å². The predicted octanol–water partition coefficient (Wildman–Crippen LogP) is 20.4. The Hall–Kier alpha value is -1.59. The first kappa shape index (κ1) is 66.4. The van der Waals surface area contributed by atoms with Gasteiger partial charge in [0, 0.05) is 19.3 Å². The highest BCUT2D eigenvalue weighted by Crippen LogP contribution is 2.19. The molecule has 0 saturated heterocycles. The Bertz CT molecular complexity index is 1040. The second-order valence-corrected chi connectivity index (χ2v) is 22.1. The van der Waals surface area contributed by atoms with Crippen LogP contribution in [0.5, 0.6) is 0 Å². The van der Waals surface area contributed by atoms with Crippen LogP contribution in [0.4, 0.5) is 0 Å². The number of hydrogen-bond acceptors (Lipinski definition) is 6. The number of unbranched alkanes of at least 4 members (excludes halogenated alkanes) is 40. The summed E-state index contributed by atoms with van der Waals surface area (Å²) in [5.41, 5.74) is 0. The molecule has 0 aliphatic rings. The van der Waals surface area contributed by atoms with E-state index < -0.39 is 6.10 Å². The molecule has 404 valence electrons. The van der Waals surface area contributed by atoms with Crippen molar-refractivity contribution in [3.8, 4) is 0 Å². The summed E-state index contributed by atoms with van der Waals surface area (Å²) in [5.74, 6) is 0.885. The fourth-order valence-corrected chi connectivity index (χ4v) is 9.55. The summed E-state index contributed by atoms with van der Waals surface area (Å²) >= 11 is 0. The zero-order chi connectivity index (χ0) is 49.6. The summed E-state index contributed by atoms with van der Waals surface area (Å²) in [6.45, 7) is 11.5. The number of esters is 3. The van der Waals surface area contributed by atoms with Crippen molar-refractivity contribution in [1.82, 2.24) is 0 Å². The summed E-state index contributed by atoms with van der Waals surface area (Å²) in [4.78, 5) is 38.2. The summed E-state index contributed by atoms with van der Waals surface area (Å²) in [6.07, 6.45) is 59.5. The van der Waals surface area contributed by atoms with E-state index in [9.17, 15) is 14.4 Å². The molecule has 0 fully saturated rings. The van der Waals surface area contributed by atoms with E-state index >= 15 is 0 Å². The highest BCUT2D eigenvalue weighted by atomic mass is 16.6. The first-order valence-electron chi connectivity index (χ1n) is 30.8. The number of carbonyl (C=O) groups excluding carboxylic acids is 3. The molecule has 0 amide bonds. The van der Waals surface area contributed by atoms with E-state index in [-0.39, 0.29) is 31.1 Å². The van der Waals surface area contributed by atoms with Gasteiger partial charge in [0.15, 0.2) is 6.10 Å². The molecular formula is C62H120O6. The molecule has 1 unspecified atom stereocenters. The maximum atomic E-state index is 12.9. The smallest absolute Gasteiger partial charge is 0.306 e. The topological polar surface area (TPSA) is 78.9 Å². The molecule has 6 nitrogen and oxygen atoms in total. The predicted molar refractivity (Wildman–Crippen MR) is 293 cm³/mol. The fraction of sp³-hybridized carbons (Fsp3) is 0.952. The van der Waals surface area contributed by atoms with Gasteiger partial charge in [-0.1, -0.05) is 311 Å². The van der Waals surface area contributed by atoms with Gasteiger partial charge in [0.1, 0.15) is 13.2 Å². The molecule has 0 aromatic rings. The highest BCUT2D eigenvalue weighted by molar-refractivity contribution is 5.71. The molecule has 0 N–H and O–H groups in total. The van der Waals surface area contributed by atoms with Crippen molar-refractivity contribution in [2.75, 3.05) is 13.2 Å². The molecule has 68 heavy (non-hydrogen) atoms. The maximum Gasteiger partial charge on any atom is 0.306 e. The Balaban J connectivity index is 4.28. The SMILES string of the molecule is CCCCCCCCCCCCCCCCCCCCC(=O)OC[C@H](COC(=O)CCCCCCCCCCCCCCCCC(C)CC)OC(=O)CCCCCCCCCCCCCC(C)C. The van der Waals surface area contributed by atoms with Crippen LogP contribution in [-0.4, -0.2) is 37.2 Å². The summed E-state index contributed by atoms with van der Waals surface area (Å²) in [7, 11) is 0. The van der Waals surface area contributed by atoms with Gasteiger partial charge in [-0.15, -0.1) is 0 Å². The van der Waals surface area contributed by atoms with Gasteiger partial charge < -0.3 is 14.2 Å². The summed E-state index contributed by atoms with van der Waals surface area (Å²) in [6, 6.07) is 0. The lowest BCUT2D eigenvalue weighted by molar-refractivity contribution is -0.167. The monoisotopic (exact) mass is 961 g/mol. The largest absolute Gasteiger partial charge is 0.462 e. The zero-order valence-electron chi connectivity index (χ0n) is 46.7. The van der Waals surface area contributed by atoms with Crippen molar-refractivity contribution in [1.29, 1.82) is 0 Å². The molecule has 0 rings (SSSR count). The number of ether oxygens (including phenoxy) is 3.